The van der Waals surface area contributed by atoms with Crippen LogP contribution in [0, 0.1) is 0 Å². The van der Waals surface area contributed by atoms with Gasteiger partial charge in [-0.1, -0.05) is 6.58 Å². The van der Waals surface area contributed by atoms with Gasteiger partial charge in [-0.05, 0) is 0 Å². The highest BCUT2D eigenvalue weighted by Gasteiger charge is 1.52. The monoisotopic (exact) mass is 83.0 g/mol. The minimum Gasteiger partial charge on any atom is -0.297 e. The van der Waals surface area contributed by atoms with E-state index in [1.54, 1.807) is 0 Å². The third-order valence-electron chi connectivity index (χ3n) is 0.252. The van der Waals surface area contributed by atoms with Gasteiger partial charge in [-0.25, -0.2) is 0 Å². The van der Waals surface area contributed by atoms with Gasteiger partial charge in [0.25, 0.3) is 0 Å². The highest BCUT2D eigenvalue weighted by Crippen LogP contribution is 1.56. The van der Waals surface area contributed by atoms with E-state index < -0.39 is 0 Å². The maximum absolute atomic E-state index is 9.37. The molecule has 0 unspecified atom stereocenters. The van der Waals surface area contributed by atoms with Crippen molar-refractivity contribution in [3.05, 3.63) is 12.8 Å². The van der Waals surface area contributed by atoms with Crippen LogP contribution in [0.3, 0.4) is 0 Å². The van der Waals surface area contributed by atoms with Crippen LogP contribution in [0.5, 0.6) is 0 Å². The SMILES string of the molecule is C=CN=CC=O. The molecule has 2 nitrogen and oxygen atoms in total. The van der Waals surface area contributed by atoms with Gasteiger partial charge < -0.3 is 0 Å². The molecule has 0 atom stereocenters. The Bertz CT molecular complexity index is 65.6. The number of aldehydes is 1. The highest BCUT2D eigenvalue weighted by atomic mass is 16.1. The summed E-state index contributed by atoms with van der Waals surface area (Å²) in [5.74, 6) is 0. The molecule has 0 spiro atoms. The standard InChI is InChI=1S/C4H5NO/c1-2-5-3-4-6/h2-4H,1H2. The van der Waals surface area contributed by atoms with Gasteiger partial charge in [-0.3, -0.25) is 9.79 Å². The Labute approximate surface area is 36.2 Å². The molecule has 0 fully saturated rings. The lowest BCUT2D eigenvalue weighted by Gasteiger charge is -1.59. The van der Waals surface area contributed by atoms with Crippen molar-refractivity contribution in [1.82, 2.24) is 0 Å². The Balaban J connectivity index is 3.17. The number of carbonyl (C=O) groups is 1. The van der Waals surface area contributed by atoms with Crippen LogP contribution in [0.4, 0.5) is 0 Å². The number of nitrogens with zero attached hydrogens (tertiary/aromatic N) is 1. The molecule has 0 aliphatic carbocycles. The molecule has 0 aliphatic heterocycles. The average Bonchev–Trinajstić information content (AvgIpc) is 1.61. The fourth-order valence-corrected chi connectivity index (χ4v) is 0.0960. The maximum atomic E-state index is 9.37. The molecule has 0 heterocycles. The van der Waals surface area contributed by atoms with E-state index in [0.717, 1.165) is 6.21 Å². The summed E-state index contributed by atoms with van der Waals surface area (Å²) in [6, 6.07) is 0. The topological polar surface area (TPSA) is 29.4 Å². The van der Waals surface area contributed by atoms with Crippen molar-refractivity contribution in [2.24, 2.45) is 4.99 Å². The predicted molar refractivity (Wildman–Crippen MR) is 24.8 cm³/mol. The molecule has 0 amide bonds. The van der Waals surface area contributed by atoms with E-state index in [-0.39, 0.29) is 0 Å². The summed E-state index contributed by atoms with van der Waals surface area (Å²) in [6.07, 6.45) is 3.03. The molecule has 32 valence electrons. The largest absolute Gasteiger partial charge is 0.297 e. The molecule has 6 heavy (non-hydrogen) atoms. The van der Waals surface area contributed by atoms with Crippen molar-refractivity contribution in [2.75, 3.05) is 0 Å². The lowest BCUT2D eigenvalue weighted by Crippen LogP contribution is -1.66. The molecule has 0 aliphatic rings. The fraction of sp³-hybridized carbons (Fsp3) is 0. The molecule has 0 aromatic carbocycles. The molecule has 0 N–H and O–H groups in total. The molecule has 0 aromatic heterocycles. The van der Waals surface area contributed by atoms with Gasteiger partial charge in [0.2, 0.25) is 0 Å². The molecule has 0 aromatic rings. The Kier molecular flexibility index (Phi) is 3.45. The number of carbonyl (C=O) groups excluding carboxylic acids is 1. The zero-order valence-corrected chi connectivity index (χ0v) is 3.29. The van der Waals surface area contributed by atoms with E-state index in [1.165, 1.54) is 6.20 Å². The van der Waals surface area contributed by atoms with Gasteiger partial charge in [-0.15, -0.1) is 0 Å². The van der Waals surface area contributed by atoms with Crippen LogP contribution in [-0.2, 0) is 4.79 Å². The zero-order valence-electron chi connectivity index (χ0n) is 3.29. The second kappa shape index (κ2) is 4.08. The number of aliphatic imine (C=N–C) groups is 1. The van der Waals surface area contributed by atoms with E-state index in [4.69, 9.17) is 0 Å². The Hall–Kier alpha value is -0.920. The van der Waals surface area contributed by atoms with E-state index >= 15 is 0 Å². The van der Waals surface area contributed by atoms with E-state index in [9.17, 15) is 4.79 Å². The summed E-state index contributed by atoms with van der Waals surface area (Å²) in [5.41, 5.74) is 0. The second-order valence-corrected chi connectivity index (χ2v) is 0.617. The van der Waals surface area contributed by atoms with Gasteiger partial charge >= 0.3 is 0 Å². The Morgan fingerprint density at radius 3 is 2.50 bits per heavy atom. The number of hydrogen-bond donors (Lipinski definition) is 0. The lowest BCUT2D eigenvalue weighted by atomic mass is 10.8. The normalized spacial score (nSPS) is 8.67. The summed E-state index contributed by atoms with van der Waals surface area (Å²) in [6.45, 7) is 3.24. The maximum Gasteiger partial charge on any atom is 0.161 e. The summed E-state index contributed by atoms with van der Waals surface area (Å²) >= 11 is 0. The summed E-state index contributed by atoms with van der Waals surface area (Å²) in [7, 11) is 0. The van der Waals surface area contributed by atoms with E-state index in [0.29, 0.717) is 6.29 Å². The van der Waals surface area contributed by atoms with Gasteiger partial charge in [0.15, 0.2) is 6.29 Å². The number of hydrogen-bond acceptors (Lipinski definition) is 2. The van der Waals surface area contributed by atoms with Crippen LogP contribution in [0.15, 0.2) is 17.8 Å². The summed E-state index contributed by atoms with van der Waals surface area (Å²) < 4.78 is 0. The first-order valence-corrected chi connectivity index (χ1v) is 1.49. The zero-order chi connectivity index (χ0) is 4.83. The van der Waals surface area contributed by atoms with Gasteiger partial charge in [0.05, 0.1) is 6.21 Å². The molecule has 0 saturated carbocycles. The minimum atomic E-state index is 0.599. The van der Waals surface area contributed by atoms with Crippen LogP contribution >= 0.6 is 0 Å². The third kappa shape index (κ3) is 3.08. The molecule has 2 heteroatoms. The van der Waals surface area contributed by atoms with Crippen molar-refractivity contribution in [3.63, 3.8) is 0 Å². The van der Waals surface area contributed by atoms with Crippen molar-refractivity contribution in [1.29, 1.82) is 0 Å². The highest BCUT2D eigenvalue weighted by molar-refractivity contribution is 6.13. The lowest BCUT2D eigenvalue weighted by molar-refractivity contribution is -0.102. The van der Waals surface area contributed by atoms with Crippen LogP contribution in [0.2, 0.25) is 0 Å². The van der Waals surface area contributed by atoms with Gasteiger partial charge in [-0.2, -0.15) is 0 Å². The van der Waals surface area contributed by atoms with Crippen LogP contribution in [0.25, 0.3) is 0 Å². The quantitative estimate of drug-likeness (QED) is 0.351. The minimum absolute atomic E-state index is 0.599. The third-order valence-corrected chi connectivity index (χ3v) is 0.252. The Morgan fingerprint density at radius 2 is 2.33 bits per heavy atom. The van der Waals surface area contributed by atoms with Crippen molar-refractivity contribution in [3.8, 4) is 0 Å². The van der Waals surface area contributed by atoms with Crippen LogP contribution in [-0.4, -0.2) is 12.5 Å². The van der Waals surface area contributed by atoms with Gasteiger partial charge in [0, 0.05) is 6.20 Å². The first kappa shape index (κ1) is 5.08. The second-order valence-electron chi connectivity index (χ2n) is 0.617. The molecule has 0 radical (unpaired) electrons. The van der Waals surface area contributed by atoms with Crippen molar-refractivity contribution in [2.45, 2.75) is 0 Å². The number of rotatable bonds is 2. The van der Waals surface area contributed by atoms with E-state index in [1.807, 2.05) is 0 Å². The molecular weight excluding hydrogens is 78.0 g/mol. The van der Waals surface area contributed by atoms with Gasteiger partial charge in [0.1, 0.15) is 0 Å². The van der Waals surface area contributed by atoms with Crippen molar-refractivity contribution >= 4 is 12.5 Å². The van der Waals surface area contributed by atoms with Crippen LogP contribution in [0.1, 0.15) is 0 Å². The molecular formula is C4H5NO. The van der Waals surface area contributed by atoms with E-state index in [2.05, 4.69) is 11.6 Å². The first-order valence-electron chi connectivity index (χ1n) is 1.49. The average molecular weight is 83.1 g/mol. The van der Waals surface area contributed by atoms with Crippen molar-refractivity contribution < 1.29 is 4.79 Å². The smallest absolute Gasteiger partial charge is 0.161 e. The molecule has 0 bridgehead atoms. The molecule has 0 rings (SSSR count). The van der Waals surface area contributed by atoms with Crippen LogP contribution < -0.4 is 0 Å². The summed E-state index contributed by atoms with van der Waals surface area (Å²) in [4.78, 5) is 12.7. The molecule has 0 saturated heterocycles. The fourth-order valence-electron chi connectivity index (χ4n) is 0.0960. The summed E-state index contributed by atoms with van der Waals surface area (Å²) in [5, 5.41) is 0. The Morgan fingerprint density at radius 1 is 1.67 bits per heavy atom. The predicted octanol–water partition coefficient (Wildman–Crippen LogP) is 0.400. The first-order chi connectivity index (χ1) is 2.91.